The summed E-state index contributed by atoms with van der Waals surface area (Å²) >= 11 is 5.89. The van der Waals surface area contributed by atoms with Crippen molar-refractivity contribution in [2.24, 2.45) is 0 Å². The normalized spacial score (nSPS) is 15.0. The van der Waals surface area contributed by atoms with Crippen LogP contribution in [0.1, 0.15) is 48.2 Å². The van der Waals surface area contributed by atoms with E-state index in [0.29, 0.717) is 18.3 Å². The van der Waals surface area contributed by atoms with Gasteiger partial charge in [-0.3, -0.25) is 9.78 Å². The molecule has 1 aliphatic rings. The lowest BCUT2D eigenvalue weighted by molar-refractivity contribution is 0.0922. The van der Waals surface area contributed by atoms with Crippen LogP contribution >= 0.6 is 11.6 Å². The zero-order valence-corrected chi connectivity index (χ0v) is 14.4. The van der Waals surface area contributed by atoms with Gasteiger partial charge in [0.05, 0.1) is 0 Å². The van der Waals surface area contributed by atoms with E-state index in [0.717, 1.165) is 29.1 Å². The third-order valence-electron chi connectivity index (χ3n) is 4.34. The SMILES string of the molecule is O=C(NC1CCCCC1)c1cc(NCc2ccc(Cl)cc2)ccn1. The molecule has 2 N–H and O–H groups in total. The van der Waals surface area contributed by atoms with Gasteiger partial charge in [0.1, 0.15) is 5.69 Å². The molecule has 0 atom stereocenters. The Morgan fingerprint density at radius 2 is 1.88 bits per heavy atom. The van der Waals surface area contributed by atoms with Gasteiger partial charge in [-0.05, 0) is 42.7 Å². The molecule has 1 heterocycles. The van der Waals surface area contributed by atoms with Crippen molar-refractivity contribution in [2.45, 2.75) is 44.7 Å². The van der Waals surface area contributed by atoms with Gasteiger partial charge in [0.25, 0.3) is 5.91 Å². The molecule has 1 amide bonds. The van der Waals surface area contributed by atoms with E-state index >= 15 is 0 Å². The summed E-state index contributed by atoms with van der Waals surface area (Å²) in [6.07, 6.45) is 7.47. The number of amides is 1. The van der Waals surface area contributed by atoms with Gasteiger partial charge in [0.2, 0.25) is 0 Å². The number of nitrogens with zero attached hydrogens (tertiary/aromatic N) is 1. The highest BCUT2D eigenvalue weighted by Crippen LogP contribution is 2.18. The van der Waals surface area contributed by atoms with Crippen LogP contribution in [0.3, 0.4) is 0 Å². The van der Waals surface area contributed by atoms with Crippen LogP contribution in [0.2, 0.25) is 5.02 Å². The maximum atomic E-state index is 12.4. The molecule has 126 valence electrons. The molecule has 4 nitrogen and oxygen atoms in total. The van der Waals surface area contributed by atoms with Crippen molar-refractivity contribution >= 4 is 23.2 Å². The number of hydrogen-bond donors (Lipinski definition) is 2. The second-order valence-electron chi connectivity index (χ2n) is 6.22. The van der Waals surface area contributed by atoms with E-state index in [1.165, 1.54) is 19.3 Å². The molecule has 0 bridgehead atoms. The van der Waals surface area contributed by atoms with E-state index in [-0.39, 0.29) is 5.91 Å². The second-order valence-corrected chi connectivity index (χ2v) is 6.65. The number of nitrogens with one attached hydrogen (secondary N) is 2. The third kappa shape index (κ3) is 4.71. The minimum atomic E-state index is -0.0861. The summed E-state index contributed by atoms with van der Waals surface area (Å²) < 4.78 is 0. The van der Waals surface area contributed by atoms with Crippen LogP contribution in [0, 0.1) is 0 Å². The summed E-state index contributed by atoms with van der Waals surface area (Å²) in [6.45, 7) is 0.671. The molecule has 2 aromatic rings. The molecule has 0 saturated heterocycles. The minimum Gasteiger partial charge on any atom is -0.381 e. The zero-order chi connectivity index (χ0) is 16.8. The Kier molecular flexibility index (Phi) is 5.70. The predicted octanol–water partition coefficient (Wildman–Crippen LogP) is 4.41. The Morgan fingerprint density at radius 1 is 1.12 bits per heavy atom. The number of halogens is 1. The third-order valence-corrected chi connectivity index (χ3v) is 4.59. The molecule has 3 rings (SSSR count). The summed E-state index contributed by atoms with van der Waals surface area (Å²) in [5.74, 6) is -0.0861. The Labute approximate surface area is 147 Å². The van der Waals surface area contributed by atoms with Crippen molar-refractivity contribution in [1.82, 2.24) is 10.3 Å². The van der Waals surface area contributed by atoms with E-state index in [2.05, 4.69) is 15.6 Å². The first-order valence-electron chi connectivity index (χ1n) is 8.46. The number of carbonyl (C=O) groups excluding carboxylic acids is 1. The summed E-state index contributed by atoms with van der Waals surface area (Å²) in [7, 11) is 0. The molecule has 24 heavy (non-hydrogen) atoms. The fourth-order valence-corrected chi connectivity index (χ4v) is 3.10. The van der Waals surface area contributed by atoms with Gasteiger partial charge in [-0.2, -0.15) is 0 Å². The molecule has 0 radical (unpaired) electrons. The topological polar surface area (TPSA) is 54.0 Å². The minimum absolute atomic E-state index is 0.0861. The van der Waals surface area contributed by atoms with Crippen LogP contribution in [-0.2, 0) is 6.54 Å². The lowest BCUT2D eigenvalue weighted by Crippen LogP contribution is -2.36. The summed E-state index contributed by atoms with van der Waals surface area (Å²) in [6, 6.07) is 11.7. The zero-order valence-electron chi connectivity index (χ0n) is 13.6. The monoisotopic (exact) mass is 343 g/mol. The molecule has 1 aromatic heterocycles. The molecule has 0 unspecified atom stereocenters. The lowest BCUT2D eigenvalue weighted by Gasteiger charge is -2.22. The van der Waals surface area contributed by atoms with Gasteiger partial charge in [-0.25, -0.2) is 0 Å². The van der Waals surface area contributed by atoms with E-state index < -0.39 is 0 Å². The van der Waals surface area contributed by atoms with Crippen molar-refractivity contribution in [2.75, 3.05) is 5.32 Å². The quantitative estimate of drug-likeness (QED) is 0.845. The Balaban J connectivity index is 1.58. The van der Waals surface area contributed by atoms with Gasteiger partial charge in [-0.1, -0.05) is 43.0 Å². The number of carbonyl (C=O) groups is 1. The molecule has 1 aliphatic carbocycles. The van der Waals surface area contributed by atoms with Gasteiger partial charge in [0.15, 0.2) is 0 Å². The van der Waals surface area contributed by atoms with Crippen molar-refractivity contribution in [1.29, 1.82) is 0 Å². The maximum Gasteiger partial charge on any atom is 0.270 e. The molecule has 1 saturated carbocycles. The number of benzene rings is 1. The average molecular weight is 344 g/mol. The standard InChI is InChI=1S/C19H22ClN3O/c20-15-8-6-14(7-9-15)13-22-17-10-11-21-18(12-17)19(24)23-16-4-2-1-3-5-16/h6-12,16H,1-5,13H2,(H,21,22)(H,23,24). The average Bonchev–Trinajstić information content (AvgIpc) is 2.62. The number of aromatic nitrogens is 1. The maximum absolute atomic E-state index is 12.4. The van der Waals surface area contributed by atoms with Crippen molar-refractivity contribution in [3.8, 4) is 0 Å². The van der Waals surface area contributed by atoms with Gasteiger partial charge in [-0.15, -0.1) is 0 Å². The van der Waals surface area contributed by atoms with Crippen molar-refractivity contribution in [3.63, 3.8) is 0 Å². The number of rotatable bonds is 5. The van der Waals surface area contributed by atoms with Crippen LogP contribution in [-0.4, -0.2) is 16.9 Å². The molecular formula is C19H22ClN3O. The first-order valence-corrected chi connectivity index (χ1v) is 8.84. The molecule has 5 heteroatoms. The Bertz CT molecular complexity index is 681. The molecule has 1 fully saturated rings. The Morgan fingerprint density at radius 3 is 2.62 bits per heavy atom. The number of anilines is 1. The molecular weight excluding hydrogens is 322 g/mol. The van der Waals surface area contributed by atoms with Crippen molar-refractivity contribution < 1.29 is 4.79 Å². The molecule has 0 spiro atoms. The highest BCUT2D eigenvalue weighted by atomic mass is 35.5. The summed E-state index contributed by atoms with van der Waals surface area (Å²) in [5, 5.41) is 7.14. The van der Waals surface area contributed by atoms with Gasteiger partial charge < -0.3 is 10.6 Å². The fraction of sp³-hybridized carbons (Fsp3) is 0.368. The van der Waals surface area contributed by atoms with Crippen LogP contribution in [0.15, 0.2) is 42.6 Å². The van der Waals surface area contributed by atoms with Gasteiger partial charge in [0, 0.05) is 29.5 Å². The van der Waals surface area contributed by atoms with Crippen LogP contribution in [0.5, 0.6) is 0 Å². The predicted molar refractivity (Wildman–Crippen MR) is 97.4 cm³/mol. The number of pyridine rings is 1. The van der Waals surface area contributed by atoms with Crippen LogP contribution in [0.25, 0.3) is 0 Å². The fourth-order valence-electron chi connectivity index (χ4n) is 2.98. The van der Waals surface area contributed by atoms with E-state index in [9.17, 15) is 4.79 Å². The Hall–Kier alpha value is -2.07. The van der Waals surface area contributed by atoms with Crippen molar-refractivity contribution in [3.05, 3.63) is 58.9 Å². The summed E-state index contributed by atoms with van der Waals surface area (Å²) in [4.78, 5) is 16.6. The smallest absolute Gasteiger partial charge is 0.270 e. The molecule has 0 aliphatic heterocycles. The highest BCUT2D eigenvalue weighted by molar-refractivity contribution is 6.30. The van der Waals surface area contributed by atoms with Gasteiger partial charge >= 0.3 is 0 Å². The highest BCUT2D eigenvalue weighted by Gasteiger charge is 2.17. The lowest BCUT2D eigenvalue weighted by atomic mass is 9.95. The summed E-state index contributed by atoms with van der Waals surface area (Å²) in [5.41, 5.74) is 2.47. The first-order chi connectivity index (χ1) is 11.7. The number of hydrogen-bond acceptors (Lipinski definition) is 3. The van der Waals surface area contributed by atoms with Crippen LogP contribution in [0.4, 0.5) is 5.69 Å². The molecule has 1 aromatic carbocycles. The second kappa shape index (κ2) is 8.15. The van der Waals surface area contributed by atoms with E-state index in [4.69, 9.17) is 11.6 Å². The first kappa shape index (κ1) is 16.8. The largest absolute Gasteiger partial charge is 0.381 e. The van der Waals surface area contributed by atoms with Crippen LogP contribution < -0.4 is 10.6 Å². The van der Waals surface area contributed by atoms with E-state index in [1.807, 2.05) is 30.3 Å². The van der Waals surface area contributed by atoms with E-state index in [1.54, 1.807) is 12.3 Å².